The van der Waals surface area contributed by atoms with E-state index in [2.05, 4.69) is 0 Å². The Labute approximate surface area is 165 Å². The van der Waals surface area contributed by atoms with E-state index in [1.807, 2.05) is 26.0 Å². The van der Waals surface area contributed by atoms with E-state index in [-0.39, 0.29) is 36.0 Å². The van der Waals surface area contributed by atoms with Gasteiger partial charge in [-0.2, -0.15) is 0 Å². The molecule has 0 spiro atoms. The Morgan fingerprint density at radius 1 is 1.25 bits per heavy atom. The van der Waals surface area contributed by atoms with Crippen molar-refractivity contribution in [3.63, 3.8) is 0 Å². The maximum Gasteiger partial charge on any atom is 0.227 e. The highest BCUT2D eigenvalue weighted by molar-refractivity contribution is 7.91. The van der Waals surface area contributed by atoms with Gasteiger partial charge >= 0.3 is 0 Å². The van der Waals surface area contributed by atoms with E-state index in [1.165, 1.54) is 0 Å². The molecule has 6 nitrogen and oxygen atoms in total. The Morgan fingerprint density at radius 2 is 2.07 bits per heavy atom. The van der Waals surface area contributed by atoms with Gasteiger partial charge in [-0.15, -0.1) is 0 Å². The van der Waals surface area contributed by atoms with Crippen LogP contribution < -0.4 is 0 Å². The van der Waals surface area contributed by atoms with Crippen LogP contribution in [0.2, 0.25) is 0 Å². The van der Waals surface area contributed by atoms with Crippen molar-refractivity contribution in [1.29, 1.82) is 0 Å². The van der Waals surface area contributed by atoms with Crippen molar-refractivity contribution in [1.82, 2.24) is 4.90 Å². The minimum Gasteiger partial charge on any atom is -0.464 e. The van der Waals surface area contributed by atoms with Crippen molar-refractivity contribution >= 4 is 26.7 Å². The zero-order valence-electron chi connectivity index (χ0n) is 16.4. The molecule has 1 aromatic carbocycles. The topological polar surface area (TPSA) is 76.8 Å². The summed E-state index contributed by atoms with van der Waals surface area (Å²) < 4.78 is 35.4. The predicted octanol–water partition coefficient (Wildman–Crippen LogP) is 2.79. The number of amides is 1. The number of rotatable bonds is 5. The number of ether oxygens (including phenoxy) is 1. The third-order valence-electron chi connectivity index (χ3n) is 6.08. The molecule has 2 fully saturated rings. The monoisotopic (exact) mass is 405 g/mol. The molecule has 0 unspecified atom stereocenters. The average Bonchev–Trinajstić information content (AvgIpc) is 3.37. The highest BCUT2D eigenvalue weighted by atomic mass is 32.2. The number of aryl methyl sites for hydroxylation is 2. The van der Waals surface area contributed by atoms with Gasteiger partial charge in [0.05, 0.1) is 30.3 Å². The molecule has 2 aliphatic heterocycles. The molecule has 2 atom stereocenters. The largest absolute Gasteiger partial charge is 0.464 e. The molecule has 0 radical (unpaired) electrons. The lowest BCUT2D eigenvalue weighted by Crippen LogP contribution is -2.45. The molecule has 152 valence electrons. The van der Waals surface area contributed by atoms with Gasteiger partial charge in [-0.05, 0) is 44.2 Å². The number of carbonyl (C=O) groups excluding carboxylic acids is 1. The first kappa shape index (κ1) is 19.5. The fourth-order valence-corrected chi connectivity index (χ4v) is 6.00. The van der Waals surface area contributed by atoms with Gasteiger partial charge in [-0.25, -0.2) is 8.42 Å². The summed E-state index contributed by atoms with van der Waals surface area (Å²) in [5.74, 6) is 0.147. The van der Waals surface area contributed by atoms with Crippen LogP contribution in [0.4, 0.5) is 0 Å². The maximum absolute atomic E-state index is 13.2. The van der Waals surface area contributed by atoms with Gasteiger partial charge in [0.1, 0.15) is 5.58 Å². The molecule has 3 heterocycles. The first-order chi connectivity index (χ1) is 13.3. The molecule has 2 aromatic rings. The minimum atomic E-state index is -3.07. The summed E-state index contributed by atoms with van der Waals surface area (Å²) in [5.41, 5.74) is 3.89. The summed E-state index contributed by atoms with van der Waals surface area (Å²) in [5, 5.41) is 0.951. The molecule has 1 amide bonds. The second-order valence-corrected chi connectivity index (χ2v) is 10.3. The lowest BCUT2D eigenvalue weighted by molar-refractivity contribution is -0.134. The normalized spacial score (nSPS) is 24.1. The summed E-state index contributed by atoms with van der Waals surface area (Å²) in [6.07, 6.45) is 4.27. The Balaban J connectivity index is 1.57. The average molecular weight is 406 g/mol. The summed E-state index contributed by atoms with van der Waals surface area (Å²) in [4.78, 5) is 15.0. The first-order valence-corrected chi connectivity index (χ1v) is 11.7. The molecule has 1 aromatic heterocycles. The van der Waals surface area contributed by atoms with Crippen LogP contribution in [0.3, 0.4) is 0 Å². The van der Waals surface area contributed by atoms with E-state index in [1.54, 1.807) is 11.2 Å². The van der Waals surface area contributed by atoms with E-state index in [0.29, 0.717) is 19.6 Å². The van der Waals surface area contributed by atoms with Gasteiger partial charge in [0.15, 0.2) is 9.84 Å². The molecule has 0 bridgehead atoms. The lowest BCUT2D eigenvalue weighted by Gasteiger charge is -2.30. The van der Waals surface area contributed by atoms with Gasteiger partial charge in [0.25, 0.3) is 0 Å². The van der Waals surface area contributed by atoms with Crippen LogP contribution in [0.15, 0.2) is 22.8 Å². The van der Waals surface area contributed by atoms with Crippen LogP contribution >= 0.6 is 0 Å². The summed E-state index contributed by atoms with van der Waals surface area (Å²) >= 11 is 0. The molecule has 0 saturated carbocycles. The molecule has 2 aliphatic rings. The second-order valence-electron chi connectivity index (χ2n) is 8.06. The summed E-state index contributed by atoms with van der Waals surface area (Å²) in [7, 11) is -3.07. The van der Waals surface area contributed by atoms with Crippen LogP contribution in [-0.2, 0) is 25.8 Å². The van der Waals surface area contributed by atoms with Crippen LogP contribution in [-0.4, -0.2) is 56.0 Å². The van der Waals surface area contributed by atoms with Crippen LogP contribution in [0.1, 0.15) is 36.0 Å². The lowest BCUT2D eigenvalue weighted by atomic mass is 10.0. The van der Waals surface area contributed by atoms with Crippen LogP contribution in [0.5, 0.6) is 0 Å². The fraction of sp³-hybridized carbons (Fsp3) is 0.571. The molecule has 4 rings (SSSR count). The van der Waals surface area contributed by atoms with E-state index >= 15 is 0 Å². The smallest absolute Gasteiger partial charge is 0.227 e. The van der Waals surface area contributed by atoms with E-state index < -0.39 is 9.84 Å². The highest BCUT2D eigenvalue weighted by Crippen LogP contribution is 2.28. The molecule has 0 aliphatic carbocycles. The zero-order chi connectivity index (χ0) is 19.9. The van der Waals surface area contributed by atoms with Crippen LogP contribution in [0.25, 0.3) is 11.0 Å². The SMILES string of the molecule is Cc1ccc2c(CC(=O)N(C[C@@H]3CCCO3)[C@@H]3CCS(=O)(=O)C3)coc2c1C. The van der Waals surface area contributed by atoms with Crippen molar-refractivity contribution in [3.05, 3.63) is 35.1 Å². The van der Waals surface area contributed by atoms with Crippen LogP contribution in [0, 0.1) is 13.8 Å². The summed E-state index contributed by atoms with van der Waals surface area (Å²) in [6.45, 7) is 5.22. The minimum absolute atomic E-state index is 0.00163. The third kappa shape index (κ3) is 3.82. The molecule has 0 N–H and O–H groups in total. The van der Waals surface area contributed by atoms with E-state index in [4.69, 9.17) is 9.15 Å². The maximum atomic E-state index is 13.2. The van der Waals surface area contributed by atoms with Gasteiger partial charge in [0.2, 0.25) is 5.91 Å². The zero-order valence-corrected chi connectivity index (χ0v) is 17.3. The Kier molecular flexibility index (Phi) is 5.22. The Bertz CT molecular complexity index is 988. The fourth-order valence-electron chi connectivity index (χ4n) is 4.27. The first-order valence-electron chi connectivity index (χ1n) is 9.92. The predicted molar refractivity (Wildman–Crippen MR) is 107 cm³/mol. The van der Waals surface area contributed by atoms with Gasteiger partial charge < -0.3 is 14.1 Å². The van der Waals surface area contributed by atoms with Gasteiger partial charge in [-0.1, -0.05) is 12.1 Å². The quantitative estimate of drug-likeness (QED) is 0.764. The molecule has 28 heavy (non-hydrogen) atoms. The van der Waals surface area contributed by atoms with Crippen molar-refractivity contribution in [3.8, 4) is 0 Å². The molecule has 2 saturated heterocycles. The van der Waals surface area contributed by atoms with E-state index in [9.17, 15) is 13.2 Å². The van der Waals surface area contributed by atoms with Crippen molar-refractivity contribution in [2.24, 2.45) is 0 Å². The summed E-state index contributed by atoms with van der Waals surface area (Å²) in [6, 6.07) is 3.77. The number of nitrogens with zero attached hydrogens (tertiary/aromatic N) is 1. The van der Waals surface area contributed by atoms with Crippen molar-refractivity contribution in [2.75, 3.05) is 24.7 Å². The number of benzene rings is 1. The Hall–Kier alpha value is -1.86. The van der Waals surface area contributed by atoms with Crippen molar-refractivity contribution < 1.29 is 22.4 Å². The molecule has 7 heteroatoms. The second kappa shape index (κ2) is 7.52. The number of furan rings is 1. The van der Waals surface area contributed by atoms with Crippen molar-refractivity contribution in [2.45, 2.75) is 51.7 Å². The highest BCUT2D eigenvalue weighted by Gasteiger charge is 2.36. The Morgan fingerprint density at radius 3 is 2.75 bits per heavy atom. The van der Waals surface area contributed by atoms with Gasteiger partial charge in [0, 0.05) is 30.1 Å². The van der Waals surface area contributed by atoms with E-state index in [0.717, 1.165) is 40.5 Å². The third-order valence-corrected chi connectivity index (χ3v) is 7.83. The number of fused-ring (bicyclic) bond motifs is 1. The standard InChI is InChI=1S/C21H27NO5S/c1-14-5-6-19-16(12-27-21(19)15(14)2)10-20(23)22(11-18-4-3-8-26-18)17-7-9-28(24,25)13-17/h5-6,12,17-18H,3-4,7-11,13H2,1-2H3/t17-,18+/m1/s1. The number of carbonyl (C=O) groups is 1. The molecular formula is C21H27NO5S. The molecular weight excluding hydrogens is 378 g/mol. The number of sulfone groups is 1. The number of hydrogen-bond donors (Lipinski definition) is 0. The number of hydrogen-bond acceptors (Lipinski definition) is 5. The van der Waals surface area contributed by atoms with Gasteiger partial charge in [-0.3, -0.25) is 4.79 Å².